The topological polar surface area (TPSA) is 121 Å². The molecule has 1 aliphatic rings. The standard InChI is InChI=1S/C25H22F3N9O/c1-15-24(33-34-37(15)20-3-5-35(14-30)6-4-20)17-8-22-32-13-21(10-29)36(22)23(9-17)38-16(2)18-7-19(12-31-11-18)25(26,27)28/h7-9,11-13,16,20H,3-6H2,1-2H3. The van der Waals surface area contributed by atoms with Gasteiger partial charge < -0.3 is 9.64 Å². The molecular formula is C25H22F3N9O. The minimum absolute atomic E-state index is 0.102. The lowest BCUT2D eigenvalue weighted by atomic mass is 10.0. The Kier molecular flexibility index (Phi) is 6.36. The van der Waals surface area contributed by atoms with Crippen LogP contribution in [0.1, 0.15) is 54.4 Å². The first-order valence-electron chi connectivity index (χ1n) is 11.9. The van der Waals surface area contributed by atoms with Crippen LogP contribution in [0.3, 0.4) is 0 Å². The molecule has 194 valence electrons. The number of hydrogen-bond donors (Lipinski definition) is 0. The van der Waals surface area contributed by atoms with Crippen molar-refractivity contribution >= 4 is 5.65 Å². The molecule has 0 bridgehead atoms. The van der Waals surface area contributed by atoms with Gasteiger partial charge in [0.25, 0.3) is 0 Å². The molecule has 1 saturated heterocycles. The SMILES string of the molecule is Cc1c(-c2cc(OC(C)c3cncc(C(F)(F)F)c3)n3c(C#N)cnc3c2)nnn1C1CCN(C#N)CC1. The van der Waals surface area contributed by atoms with Gasteiger partial charge in [-0.2, -0.15) is 23.7 Å². The zero-order chi connectivity index (χ0) is 27.0. The number of fused-ring (bicyclic) bond motifs is 1. The summed E-state index contributed by atoms with van der Waals surface area (Å²) in [5.41, 5.74) is 2.02. The predicted octanol–water partition coefficient (Wildman–Crippen LogP) is 4.44. The number of aromatic nitrogens is 6. The van der Waals surface area contributed by atoms with Crippen molar-refractivity contribution < 1.29 is 17.9 Å². The van der Waals surface area contributed by atoms with E-state index in [2.05, 4.69) is 32.5 Å². The van der Waals surface area contributed by atoms with Gasteiger partial charge in [-0.05, 0) is 38.8 Å². The monoisotopic (exact) mass is 521 g/mol. The van der Waals surface area contributed by atoms with Crippen LogP contribution in [0, 0.1) is 29.7 Å². The second-order valence-electron chi connectivity index (χ2n) is 9.08. The number of piperidine rings is 1. The average Bonchev–Trinajstić information content (AvgIpc) is 3.51. The summed E-state index contributed by atoms with van der Waals surface area (Å²) in [6.45, 7) is 4.80. The fourth-order valence-corrected chi connectivity index (χ4v) is 4.63. The molecule has 0 radical (unpaired) electrons. The van der Waals surface area contributed by atoms with E-state index in [4.69, 9.17) is 10.00 Å². The maximum Gasteiger partial charge on any atom is 0.417 e. The molecule has 4 aromatic heterocycles. The van der Waals surface area contributed by atoms with Crippen LogP contribution in [0.2, 0.25) is 0 Å². The van der Waals surface area contributed by atoms with Crippen molar-refractivity contribution in [1.82, 2.24) is 34.3 Å². The van der Waals surface area contributed by atoms with Crippen molar-refractivity contribution in [3.63, 3.8) is 0 Å². The summed E-state index contributed by atoms with van der Waals surface area (Å²) in [6, 6.07) is 6.58. The van der Waals surface area contributed by atoms with Gasteiger partial charge in [0, 0.05) is 42.7 Å². The van der Waals surface area contributed by atoms with Crippen molar-refractivity contribution in [2.45, 2.75) is 45.0 Å². The van der Waals surface area contributed by atoms with Gasteiger partial charge >= 0.3 is 6.18 Å². The Hall–Kier alpha value is -4.65. The zero-order valence-corrected chi connectivity index (χ0v) is 20.5. The lowest BCUT2D eigenvalue weighted by Crippen LogP contribution is -2.31. The third-order valence-electron chi connectivity index (χ3n) is 6.69. The van der Waals surface area contributed by atoms with E-state index in [0.717, 1.165) is 30.8 Å². The summed E-state index contributed by atoms with van der Waals surface area (Å²) < 4.78 is 49.1. The van der Waals surface area contributed by atoms with E-state index in [-0.39, 0.29) is 23.2 Å². The minimum Gasteiger partial charge on any atom is -0.471 e. The first-order chi connectivity index (χ1) is 18.2. The van der Waals surface area contributed by atoms with Gasteiger partial charge in [-0.1, -0.05) is 5.21 Å². The molecule has 1 atom stereocenters. The quantitative estimate of drug-likeness (QED) is 0.353. The second-order valence-corrected chi connectivity index (χ2v) is 9.08. The number of halogens is 3. The summed E-state index contributed by atoms with van der Waals surface area (Å²) in [5.74, 6) is 0.216. The van der Waals surface area contributed by atoms with Crippen LogP contribution < -0.4 is 4.74 Å². The number of imidazole rings is 1. The van der Waals surface area contributed by atoms with E-state index in [1.807, 2.05) is 11.6 Å². The van der Waals surface area contributed by atoms with E-state index >= 15 is 0 Å². The van der Waals surface area contributed by atoms with Gasteiger partial charge in [0.05, 0.1) is 23.5 Å². The molecule has 13 heteroatoms. The zero-order valence-electron chi connectivity index (χ0n) is 20.5. The molecule has 1 fully saturated rings. The number of nitrogens with zero attached hydrogens (tertiary/aromatic N) is 9. The lowest BCUT2D eigenvalue weighted by molar-refractivity contribution is -0.137. The average molecular weight is 522 g/mol. The summed E-state index contributed by atoms with van der Waals surface area (Å²) in [6.07, 6.45) is 1.81. The first kappa shape index (κ1) is 25.0. The molecular weight excluding hydrogens is 499 g/mol. The van der Waals surface area contributed by atoms with Crippen molar-refractivity contribution in [1.29, 1.82) is 10.5 Å². The predicted molar refractivity (Wildman–Crippen MR) is 127 cm³/mol. The summed E-state index contributed by atoms with van der Waals surface area (Å²) in [5, 5.41) is 27.5. The van der Waals surface area contributed by atoms with E-state index in [9.17, 15) is 18.4 Å². The van der Waals surface area contributed by atoms with Crippen molar-refractivity contribution in [2.75, 3.05) is 13.1 Å². The highest BCUT2D eigenvalue weighted by atomic mass is 19.4. The number of nitriles is 2. The molecule has 0 amide bonds. The lowest BCUT2D eigenvalue weighted by Gasteiger charge is -2.28. The Morgan fingerprint density at radius 3 is 2.55 bits per heavy atom. The number of likely N-dealkylation sites (tertiary alicyclic amines) is 1. The fraction of sp³-hybridized carbons (Fsp3) is 0.360. The van der Waals surface area contributed by atoms with E-state index < -0.39 is 17.8 Å². The molecule has 5 rings (SSSR count). The molecule has 0 N–H and O–H groups in total. The van der Waals surface area contributed by atoms with Gasteiger partial charge in [-0.3, -0.25) is 9.38 Å². The molecule has 0 spiro atoms. The molecule has 4 aromatic rings. The van der Waals surface area contributed by atoms with Crippen LogP contribution in [0.5, 0.6) is 5.88 Å². The largest absolute Gasteiger partial charge is 0.471 e. The second kappa shape index (κ2) is 9.67. The number of rotatable bonds is 5. The fourth-order valence-electron chi connectivity index (χ4n) is 4.63. The van der Waals surface area contributed by atoms with Gasteiger partial charge in [0.2, 0.25) is 5.88 Å². The van der Waals surface area contributed by atoms with E-state index in [0.29, 0.717) is 30.0 Å². The molecule has 5 heterocycles. The van der Waals surface area contributed by atoms with Gasteiger partial charge in [0.15, 0.2) is 6.19 Å². The normalized spacial score (nSPS) is 15.3. The van der Waals surface area contributed by atoms with Crippen LogP contribution in [0.15, 0.2) is 36.8 Å². The molecule has 0 saturated carbocycles. The summed E-state index contributed by atoms with van der Waals surface area (Å²) in [7, 11) is 0. The third-order valence-corrected chi connectivity index (χ3v) is 6.69. The number of alkyl halides is 3. The Morgan fingerprint density at radius 2 is 1.87 bits per heavy atom. The molecule has 0 aromatic carbocycles. The van der Waals surface area contributed by atoms with Crippen LogP contribution in [0.25, 0.3) is 16.9 Å². The maximum atomic E-state index is 13.2. The van der Waals surface area contributed by atoms with E-state index in [1.165, 1.54) is 16.8 Å². The Bertz CT molecular complexity index is 1570. The van der Waals surface area contributed by atoms with Crippen LogP contribution >= 0.6 is 0 Å². The van der Waals surface area contributed by atoms with Crippen molar-refractivity contribution in [2.24, 2.45) is 0 Å². The minimum atomic E-state index is -4.54. The highest BCUT2D eigenvalue weighted by molar-refractivity contribution is 5.68. The number of hydrogen-bond acceptors (Lipinski definition) is 8. The van der Waals surface area contributed by atoms with Crippen LogP contribution in [-0.2, 0) is 6.18 Å². The van der Waals surface area contributed by atoms with Gasteiger partial charge in [0.1, 0.15) is 29.2 Å². The highest BCUT2D eigenvalue weighted by Gasteiger charge is 2.32. The molecule has 10 nitrogen and oxygen atoms in total. The first-order valence-corrected chi connectivity index (χ1v) is 11.9. The van der Waals surface area contributed by atoms with Crippen LogP contribution in [-0.4, -0.2) is 47.4 Å². The Morgan fingerprint density at radius 1 is 1.11 bits per heavy atom. The third kappa shape index (κ3) is 4.59. The molecule has 1 aliphatic heterocycles. The molecule has 38 heavy (non-hydrogen) atoms. The van der Waals surface area contributed by atoms with E-state index in [1.54, 1.807) is 24.0 Å². The number of ether oxygens (including phenoxy) is 1. The van der Waals surface area contributed by atoms with Gasteiger partial charge in [-0.25, -0.2) is 9.67 Å². The summed E-state index contributed by atoms with van der Waals surface area (Å²) >= 11 is 0. The highest BCUT2D eigenvalue weighted by Crippen LogP contribution is 2.34. The van der Waals surface area contributed by atoms with Gasteiger partial charge in [-0.15, -0.1) is 5.10 Å². The van der Waals surface area contributed by atoms with Crippen LogP contribution in [0.4, 0.5) is 13.2 Å². The Balaban J connectivity index is 1.51. The molecule has 1 unspecified atom stereocenters. The van der Waals surface area contributed by atoms with Crippen molar-refractivity contribution in [3.8, 4) is 29.4 Å². The van der Waals surface area contributed by atoms with Crippen molar-refractivity contribution in [3.05, 3.63) is 59.3 Å². The maximum absolute atomic E-state index is 13.2. The Labute approximate surface area is 215 Å². The number of pyridine rings is 2. The smallest absolute Gasteiger partial charge is 0.417 e. The molecule has 0 aliphatic carbocycles. The summed E-state index contributed by atoms with van der Waals surface area (Å²) in [4.78, 5) is 9.75.